The van der Waals surface area contributed by atoms with Crippen LogP contribution in [0.4, 0.5) is 0 Å². The van der Waals surface area contributed by atoms with Gasteiger partial charge in [-0.15, -0.1) is 0 Å². The van der Waals surface area contributed by atoms with Crippen LogP contribution in [0.5, 0.6) is 0 Å². The van der Waals surface area contributed by atoms with Gasteiger partial charge in [-0.25, -0.2) is 9.36 Å². The quantitative estimate of drug-likeness (QED) is 0.705. The van der Waals surface area contributed by atoms with Crippen molar-refractivity contribution in [3.8, 4) is 11.5 Å². The molecule has 0 bridgehead atoms. The molecule has 0 atom stereocenters. The Kier molecular flexibility index (Phi) is 2.89. The van der Waals surface area contributed by atoms with Gasteiger partial charge in [-0.05, 0) is 24.3 Å². The van der Waals surface area contributed by atoms with Crippen molar-refractivity contribution in [2.24, 2.45) is 0 Å². The minimum atomic E-state index is -0.522. The van der Waals surface area contributed by atoms with Gasteiger partial charge in [-0.1, -0.05) is 17.3 Å². The maximum absolute atomic E-state index is 11.7. The van der Waals surface area contributed by atoms with Crippen molar-refractivity contribution in [2.75, 3.05) is 0 Å². The van der Waals surface area contributed by atoms with E-state index in [4.69, 9.17) is 4.52 Å². The summed E-state index contributed by atoms with van der Waals surface area (Å²) in [5, 5.41) is 3.77. The van der Waals surface area contributed by atoms with Crippen LogP contribution in [0.2, 0.25) is 0 Å². The van der Waals surface area contributed by atoms with E-state index in [1.54, 1.807) is 24.5 Å². The molecule has 0 radical (unpaired) electrons. The molecule has 3 aromatic rings. The Morgan fingerprint density at radius 1 is 1.05 bits per heavy atom. The van der Waals surface area contributed by atoms with Crippen molar-refractivity contribution in [1.82, 2.24) is 19.7 Å². The van der Waals surface area contributed by atoms with Crippen molar-refractivity contribution in [3.05, 3.63) is 65.0 Å². The Labute approximate surface area is 108 Å². The molecule has 0 aliphatic rings. The van der Waals surface area contributed by atoms with Gasteiger partial charge in [0, 0.05) is 12.4 Å². The number of hydrogen-bond donors (Lipinski definition) is 0. The molecule has 0 unspecified atom stereocenters. The lowest BCUT2D eigenvalue weighted by Crippen LogP contribution is -2.17. The van der Waals surface area contributed by atoms with Crippen molar-refractivity contribution in [3.63, 3.8) is 0 Å². The third-order valence-corrected chi connectivity index (χ3v) is 2.63. The maximum atomic E-state index is 11.7. The van der Waals surface area contributed by atoms with Crippen molar-refractivity contribution >= 4 is 0 Å². The molecule has 3 rings (SSSR count). The highest BCUT2D eigenvalue weighted by atomic mass is 16.5. The van der Waals surface area contributed by atoms with Gasteiger partial charge < -0.3 is 0 Å². The van der Waals surface area contributed by atoms with Gasteiger partial charge in [-0.3, -0.25) is 14.5 Å². The van der Waals surface area contributed by atoms with E-state index < -0.39 is 5.76 Å². The fraction of sp³-hybridized carbons (Fsp3) is 0.0769. The molecule has 0 aromatic carbocycles. The fourth-order valence-electron chi connectivity index (χ4n) is 1.74. The van der Waals surface area contributed by atoms with E-state index in [1.165, 1.54) is 4.57 Å². The number of hydrogen-bond acceptors (Lipinski definition) is 5. The van der Waals surface area contributed by atoms with E-state index >= 15 is 0 Å². The first kappa shape index (κ1) is 11.3. The van der Waals surface area contributed by atoms with E-state index in [2.05, 4.69) is 15.1 Å². The summed E-state index contributed by atoms with van der Waals surface area (Å²) in [7, 11) is 0. The standard InChI is InChI=1S/C13H10N4O2/c18-13-17(9-10-5-1-3-7-14-10)12(16-19-13)11-6-2-4-8-15-11/h1-8H,9H2. The Morgan fingerprint density at radius 2 is 1.84 bits per heavy atom. The Bertz CT molecular complexity index is 719. The van der Waals surface area contributed by atoms with Crippen molar-refractivity contribution in [1.29, 1.82) is 0 Å². The predicted molar refractivity (Wildman–Crippen MR) is 67.3 cm³/mol. The van der Waals surface area contributed by atoms with Crippen LogP contribution in [0.25, 0.3) is 11.5 Å². The van der Waals surface area contributed by atoms with Crippen LogP contribution >= 0.6 is 0 Å². The van der Waals surface area contributed by atoms with Gasteiger partial charge in [-0.2, -0.15) is 0 Å². The highest BCUT2D eigenvalue weighted by Crippen LogP contribution is 2.12. The van der Waals surface area contributed by atoms with Gasteiger partial charge >= 0.3 is 5.76 Å². The maximum Gasteiger partial charge on any atom is 0.442 e. The van der Waals surface area contributed by atoms with E-state index in [0.717, 1.165) is 5.69 Å². The van der Waals surface area contributed by atoms with Gasteiger partial charge in [0.15, 0.2) is 0 Å². The van der Waals surface area contributed by atoms with Crippen LogP contribution in [-0.2, 0) is 6.54 Å². The molecule has 0 aliphatic carbocycles. The summed E-state index contributed by atoms with van der Waals surface area (Å²) in [4.78, 5) is 20.0. The van der Waals surface area contributed by atoms with Crippen molar-refractivity contribution < 1.29 is 4.52 Å². The Hall–Kier alpha value is -2.76. The summed E-state index contributed by atoms with van der Waals surface area (Å²) < 4.78 is 6.12. The molecule has 3 heterocycles. The lowest BCUT2D eigenvalue weighted by atomic mass is 10.3. The zero-order valence-corrected chi connectivity index (χ0v) is 9.93. The predicted octanol–water partition coefficient (Wildman–Crippen LogP) is 1.34. The first-order chi connectivity index (χ1) is 9.34. The van der Waals surface area contributed by atoms with E-state index in [-0.39, 0.29) is 0 Å². The van der Waals surface area contributed by atoms with Crippen molar-refractivity contribution in [2.45, 2.75) is 6.54 Å². The van der Waals surface area contributed by atoms with Gasteiger partial charge in [0.1, 0.15) is 5.69 Å². The summed E-state index contributed by atoms with van der Waals surface area (Å²) in [6.07, 6.45) is 3.31. The zero-order valence-electron chi connectivity index (χ0n) is 9.93. The smallest absolute Gasteiger partial charge is 0.295 e. The molecular weight excluding hydrogens is 244 g/mol. The second-order valence-electron chi connectivity index (χ2n) is 3.89. The lowest BCUT2D eigenvalue weighted by molar-refractivity contribution is 0.378. The van der Waals surface area contributed by atoms with Crippen LogP contribution in [-0.4, -0.2) is 19.7 Å². The molecule has 0 saturated carbocycles. The summed E-state index contributed by atoms with van der Waals surface area (Å²) in [5.74, 6) is -0.123. The average molecular weight is 254 g/mol. The number of aromatic nitrogens is 4. The molecular formula is C13H10N4O2. The van der Waals surface area contributed by atoms with Crippen LogP contribution in [0.15, 0.2) is 58.1 Å². The molecule has 6 nitrogen and oxygen atoms in total. The highest BCUT2D eigenvalue weighted by Gasteiger charge is 2.14. The second-order valence-corrected chi connectivity index (χ2v) is 3.89. The highest BCUT2D eigenvalue weighted by molar-refractivity contribution is 5.48. The molecule has 19 heavy (non-hydrogen) atoms. The molecule has 0 amide bonds. The first-order valence-corrected chi connectivity index (χ1v) is 5.72. The molecule has 0 N–H and O–H groups in total. The van der Waals surface area contributed by atoms with Crippen LogP contribution in [0, 0.1) is 0 Å². The first-order valence-electron chi connectivity index (χ1n) is 5.72. The average Bonchev–Trinajstić information content (AvgIpc) is 2.82. The molecule has 0 spiro atoms. The SMILES string of the molecule is O=c1onc(-c2ccccn2)n1Cc1ccccn1. The number of rotatable bonds is 3. The zero-order chi connectivity index (χ0) is 13.1. The summed E-state index contributed by atoms with van der Waals surface area (Å²) in [5.41, 5.74) is 1.34. The second kappa shape index (κ2) is 4.85. The van der Waals surface area contributed by atoms with Gasteiger partial charge in [0.25, 0.3) is 0 Å². The third kappa shape index (κ3) is 2.28. The van der Waals surface area contributed by atoms with Crippen LogP contribution in [0.1, 0.15) is 5.69 Å². The normalized spacial score (nSPS) is 10.5. The van der Waals surface area contributed by atoms with Gasteiger partial charge in [0.2, 0.25) is 5.82 Å². The Morgan fingerprint density at radius 3 is 2.53 bits per heavy atom. The summed E-state index contributed by atoms with van der Waals surface area (Å²) in [6.45, 7) is 0.301. The van der Waals surface area contributed by atoms with Crippen LogP contribution in [0.3, 0.4) is 0 Å². The monoisotopic (exact) mass is 254 g/mol. The fourth-order valence-corrected chi connectivity index (χ4v) is 1.74. The third-order valence-electron chi connectivity index (χ3n) is 2.63. The number of pyridine rings is 2. The molecule has 0 fully saturated rings. The van der Waals surface area contributed by atoms with E-state index in [0.29, 0.717) is 18.1 Å². The minimum Gasteiger partial charge on any atom is -0.295 e. The van der Waals surface area contributed by atoms with E-state index in [1.807, 2.05) is 24.3 Å². The van der Waals surface area contributed by atoms with Gasteiger partial charge in [0.05, 0.1) is 12.2 Å². The van der Waals surface area contributed by atoms with Crippen LogP contribution < -0.4 is 5.76 Å². The number of nitrogens with zero attached hydrogens (tertiary/aromatic N) is 4. The van der Waals surface area contributed by atoms with E-state index in [9.17, 15) is 4.79 Å². The lowest BCUT2D eigenvalue weighted by Gasteiger charge is -2.03. The molecule has 0 aliphatic heterocycles. The molecule has 94 valence electrons. The molecule has 0 saturated heterocycles. The minimum absolute atomic E-state index is 0.301. The largest absolute Gasteiger partial charge is 0.442 e. The Balaban J connectivity index is 2.03. The summed E-state index contributed by atoms with van der Waals surface area (Å²) >= 11 is 0. The topological polar surface area (TPSA) is 73.8 Å². The molecule has 6 heteroatoms. The summed E-state index contributed by atoms with van der Waals surface area (Å²) in [6, 6.07) is 10.9. The molecule has 3 aromatic heterocycles.